The largest absolute Gasteiger partial charge is 0.379 e. The molecule has 1 unspecified atom stereocenters. The molecule has 0 spiro atoms. The van der Waals surface area contributed by atoms with Crippen LogP contribution in [-0.4, -0.2) is 70.0 Å². The fourth-order valence-electron chi connectivity index (χ4n) is 1.78. The number of ether oxygens (including phenoxy) is 1. The molecule has 1 atom stereocenters. The minimum absolute atomic E-state index is 0.127. The molecule has 0 aromatic rings. The summed E-state index contributed by atoms with van der Waals surface area (Å²) in [5, 5.41) is -0.881. The van der Waals surface area contributed by atoms with E-state index in [0.29, 0.717) is 26.3 Å². The number of nitrogens with zero attached hydrogens (tertiary/aromatic N) is 1. The van der Waals surface area contributed by atoms with Gasteiger partial charge in [0.05, 0.1) is 19.0 Å². The van der Waals surface area contributed by atoms with Crippen LogP contribution >= 0.6 is 0 Å². The standard InChI is InChI=1S/C8H17NO6S2/c1-16(10,11)8(2-7-17(12,13)14)9-3-5-15-6-4-9/h8H,2-7H2,1H3,(H,12,13,14). The highest BCUT2D eigenvalue weighted by atomic mass is 32.2. The Morgan fingerprint density at radius 1 is 1.24 bits per heavy atom. The Kier molecular flexibility index (Phi) is 4.90. The molecule has 1 aliphatic heterocycles. The second-order valence-electron chi connectivity index (χ2n) is 4.01. The van der Waals surface area contributed by atoms with Crippen molar-refractivity contribution in [1.82, 2.24) is 4.90 Å². The van der Waals surface area contributed by atoms with Gasteiger partial charge in [-0.2, -0.15) is 8.42 Å². The number of rotatable bonds is 5. The summed E-state index contributed by atoms with van der Waals surface area (Å²) in [4.78, 5) is 1.67. The van der Waals surface area contributed by atoms with Crippen LogP contribution in [0.2, 0.25) is 0 Å². The lowest BCUT2D eigenvalue weighted by Crippen LogP contribution is -2.47. The zero-order valence-electron chi connectivity index (χ0n) is 9.57. The van der Waals surface area contributed by atoms with E-state index >= 15 is 0 Å². The van der Waals surface area contributed by atoms with E-state index in [0.717, 1.165) is 6.26 Å². The zero-order valence-corrected chi connectivity index (χ0v) is 11.2. The summed E-state index contributed by atoms with van der Waals surface area (Å²) in [5.41, 5.74) is 0. The van der Waals surface area contributed by atoms with Crippen molar-refractivity contribution in [2.24, 2.45) is 0 Å². The third-order valence-corrected chi connectivity index (χ3v) is 4.84. The molecule has 1 rings (SSSR count). The molecule has 0 saturated carbocycles. The van der Waals surface area contributed by atoms with Crippen LogP contribution in [0, 0.1) is 0 Å². The number of hydrogen-bond acceptors (Lipinski definition) is 6. The molecule has 1 N–H and O–H groups in total. The Balaban J connectivity index is 2.74. The minimum Gasteiger partial charge on any atom is -0.379 e. The maximum absolute atomic E-state index is 11.6. The number of sulfone groups is 1. The molecular formula is C8H17NO6S2. The predicted molar refractivity (Wildman–Crippen MR) is 62.1 cm³/mol. The average Bonchev–Trinajstić information content (AvgIpc) is 2.15. The average molecular weight is 287 g/mol. The van der Waals surface area contributed by atoms with Gasteiger partial charge in [-0.25, -0.2) is 8.42 Å². The highest BCUT2D eigenvalue weighted by Gasteiger charge is 2.30. The summed E-state index contributed by atoms with van der Waals surface area (Å²) in [7, 11) is -7.53. The van der Waals surface area contributed by atoms with Crippen molar-refractivity contribution in [3.05, 3.63) is 0 Å². The molecule has 1 aliphatic rings. The molecular weight excluding hydrogens is 270 g/mol. The van der Waals surface area contributed by atoms with Gasteiger partial charge >= 0.3 is 0 Å². The van der Waals surface area contributed by atoms with E-state index in [9.17, 15) is 16.8 Å². The molecule has 1 heterocycles. The van der Waals surface area contributed by atoms with Gasteiger partial charge in [-0.3, -0.25) is 9.45 Å². The first-order valence-corrected chi connectivity index (χ1v) is 8.72. The third-order valence-electron chi connectivity index (χ3n) is 2.57. The highest BCUT2D eigenvalue weighted by Crippen LogP contribution is 2.14. The van der Waals surface area contributed by atoms with Crippen molar-refractivity contribution in [2.45, 2.75) is 11.8 Å². The minimum atomic E-state index is -4.14. The van der Waals surface area contributed by atoms with Crippen molar-refractivity contribution in [3.8, 4) is 0 Å². The van der Waals surface area contributed by atoms with Crippen molar-refractivity contribution in [1.29, 1.82) is 0 Å². The van der Waals surface area contributed by atoms with Crippen molar-refractivity contribution in [2.75, 3.05) is 38.3 Å². The zero-order chi connectivity index (χ0) is 13.1. The van der Waals surface area contributed by atoms with E-state index in [-0.39, 0.29) is 6.42 Å². The molecule has 1 fully saturated rings. The van der Waals surface area contributed by atoms with Gasteiger partial charge in [-0.1, -0.05) is 0 Å². The summed E-state index contributed by atoms with van der Waals surface area (Å²) in [6.07, 6.45) is 0.939. The molecule has 102 valence electrons. The van der Waals surface area contributed by atoms with Gasteiger partial charge in [0, 0.05) is 19.3 Å². The molecule has 1 saturated heterocycles. The maximum Gasteiger partial charge on any atom is 0.264 e. The van der Waals surface area contributed by atoms with Gasteiger partial charge in [0.25, 0.3) is 10.1 Å². The van der Waals surface area contributed by atoms with Gasteiger partial charge in [-0.05, 0) is 6.42 Å². The van der Waals surface area contributed by atoms with Crippen molar-refractivity contribution in [3.63, 3.8) is 0 Å². The van der Waals surface area contributed by atoms with Gasteiger partial charge in [0.15, 0.2) is 9.84 Å². The van der Waals surface area contributed by atoms with Crippen LogP contribution in [0.3, 0.4) is 0 Å². The smallest absolute Gasteiger partial charge is 0.264 e. The maximum atomic E-state index is 11.6. The molecule has 17 heavy (non-hydrogen) atoms. The molecule has 0 radical (unpaired) electrons. The SMILES string of the molecule is CS(=O)(=O)C(CCS(=O)(=O)O)N1CCOCC1. The van der Waals surface area contributed by atoms with Crippen LogP contribution in [0.25, 0.3) is 0 Å². The summed E-state index contributed by atoms with van der Waals surface area (Å²) < 4.78 is 58.3. The van der Waals surface area contributed by atoms with Crippen molar-refractivity contribution >= 4 is 20.0 Å². The Morgan fingerprint density at radius 3 is 2.18 bits per heavy atom. The van der Waals surface area contributed by atoms with Gasteiger partial charge in [0.2, 0.25) is 0 Å². The summed E-state index contributed by atoms with van der Waals surface area (Å²) in [6.45, 7) is 1.75. The van der Waals surface area contributed by atoms with E-state index < -0.39 is 31.1 Å². The van der Waals surface area contributed by atoms with Crippen LogP contribution in [0.1, 0.15) is 6.42 Å². The lowest BCUT2D eigenvalue weighted by molar-refractivity contribution is 0.0307. The molecule has 0 aromatic heterocycles. The predicted octanol–water partition coefficient (Wildman–Crippen LogP) is -1.03. The molecule has 0 aromatic carbocycles. The lowest BCUT2D eigenvalue weighted by atomic mass is 10.3. The summed E-state index contributed by atoms with van der Waals surface area (Å²) in [5.74, 6) is -0.553. The van der Waals surface area contributed by atoms with E-state index in [1.807, 2.05) is 0 Å². The fourth-order valence-corrected chi connectivity index (χ4v) is 3.75. The fraction of sp³-hybridized carbons (Fsp3) is 1.00. The summed E-state index contributed by atoms with van der Waals surface area (Å²) >= 11 is 0. The third kappa shape index (κ3) is 5.30. The van der Waals surface area contributed by atoms with Crippen LogP contribution < -0.4 is 0 Å². The molecule has 0 aliphatic carbocycles. The Hall–Kier alpha value is -0.220. The Labute approximate surface area is 101 Å². The second-order valence-corrected chi connectivity index (χ2v) is 7.78. The Bertz CT molecular complexity index is 437. The van der Waals surface area contributed by atoms with Crippen molar-refractivity contribution < 1.29 is 26.1 Å². The quantitative estimate of drug-likeness (QED) is 0.645. The van der Waals surface area contributed by atoms with Gasteiger partial charge in [0.1, 0.15) is 5.37 Å². The first kappa shape index (κ1) is 14.8. The molecule has 0 bridgehead atoms. The van der Waals surface area contributed by atoms with E-state index in [4.69, 9.17) is 9.29 Å². The summed E-state index contributed by atoms with van der Waals surface area (Å²) in [6, 6.07) is 0. The van der Waals surface area contributed by atoms with Crippen LogP contribution in [0.5, 0.6) is 0 Å². The van der Waals surface area contributed by atoms with Gasteiger partial charge < -0.3 is 4.74 Å². The first-order chi connectivity index (χ1) is 7.70. The van der Waals surface area contributed by atoms with E-state index in [1.54, 1.807) is 4.90 Å². The Morgan fingerprint density at radius 2 is 1.76 bits per heavy atom. The lowest BCUT2D eigenvalue weighted by Gasteiger charge is -2.32. The molecule has 9 heteroatoms. The molecule has 7 nitrogen and oxygen atoms in total. The monoisotopic (exact) mass is 287 g/mol. The van der Waals surface area contributed by atoms with E-state index in [2.05, 4.69) is 0 Å². The van der Waals surface area contributed by atoms with Crippen LogP contribution in [0.15, 0.2) is 0 Å². The van der Waals surface area contributed by atoms with Gasteiger partial charge in [-0.15, -0.1) is 0 Å². The van der Waals surface area contributed by atoms with E-state index in [1.165, 1.54) is 0 Å². The number of hydrogen-bond donors (Lipinski definition) is 1. The second kappa shape index (κ2) is 5.61. The highest BCUT2D eigenvalue weighted by molar-refractivity contribution is 7.91. The topological polar surface area (TPSA) is 101 Å². The normalized spacial score (nSPS) is 21.3. The number of morpholine rings is 1. The van der Waals surface area contributed by atoms with Crippen LogP contribution in [-0.2, 0) is 24.7 Å². The first-order valence-electron chi connectivity index (χ1n) is 5.16. The molecule has 0 amide bonds. The van der Waals surface area contributed by atoms with Crippen LogP contribution in [0.4, 0.5) is 0 Å².